The first-order valence-electron chi connectivity index (χ1n) is 6.44. The standard InChI is InChI=1S/C13H22N2O2S/c1-4-5-6-15-12(18-9-13(16)17)8-11(14-15)7-10(2)3/h8,10H,4-7,9H2,1-3H3,(H,16,17). The average molecular weight is 270 g/mol. The number of hydrogen-bond donors (Lipinski definition) is 1. The lowest BCUT2D eigenvalue weighted by atomic mass is 10.1. The number of unbranched alkanes of at least 4 members (excludes halogenated alkanes) is 1. The van der Waals surface area contributed by atoms with Crippen LogP contribution in [-0.4, -0.2) is 26.6 Å². The molecule has 0 bridgehead atoms. The molecule has 1 N–H and O–H groups in total. The minimum atomic E-state index is -0.784. The van der Waals surface area contributed by atoms with Gasteiger partial charge in [-0.3, -0.25) is 9.48 Å². The summed E-state index contributed by atoms with van der Waals surface area (Å²) in [4.78, 5) is 10.6. The van der Waals surface area contributed by atoms with Gasteiger partial charge in [-0.1, -0.05) is 39.0 Å². The summed E-state index contributed by atoms with van der Waals surface area (Å²) in [5, 5.41) is 14.3. The van der Waals surface area contributed by atoms with Crippen molar-refractivity contribution < 1.29 is 9.90 Å². The third-order valence-electron chi connectivity index (χ3n) is 2.48. The molecule has 0 saturated carbocycles. The van der Waals surface area contributed by atoms with Crippen LogP contribution in [0.5, 0.6) is 0 Å². The number of rotatable bonds is 8. The van der Waals surface area contributed by atoms with Gasteiger partial charge in [0.25, 0.3) is 0 Å². The first-order chi connectivity index (χ1) is 8.52. The Balaban J connectivity index is 2.75. The van der Waals surface area contributed by atoms with Crippen molar-refractivity contribution >= 4 is 17.7 Å². The number of carbonyl (C=O) groups is 1. The summed E-state index contributed by atoms with van der Waals surface area (Å²) < 4.78 is 1.95. The van der Waals surface area contributed by atoms with E-state index in [1.54, 1.807) is 0 Å². The molecule has 0 saturated heterocycles. The molecule has 0 fully saturated rings. The second kappa shape index (κ2) is 7.46. The molecule has 4 nitrogen and oxygen atoms in total. The molecule has 0 atom stereocenters. The zero-order valence-electron chi connectivity index (χ0n) is 11.3. The molecule has 0 aliphatic heterocycles. The number of aliphatic carboxylic acids is 1. The van der Waals surface area contributed by atoms with Gasteiger partial charge in [0.15, 0.2) is 0 Å². The predicted octanol–water partition coefficient (Wildman–Crippen LogP) is 3.06. The summed E-state index contributed by atoms with van der Waals surface area (Å²) in [5.74, 6) is -0.121. The van der Waals surface area contributed by atoms with E-state index in [-0.39, 0.29) is 5.75 Å². The smallest absolute Gasteiger partial charge is 0.313 e. The Labute approximate surface area is 113 Å². The molecule has 0 aromatic carbocycles. The van der Waals surface area contributed by atoms with E-state index in [0.29, 0.717) is 5.92 Å². The second-order valence-corrected chi connectivity index (χ2v) is 5.83. The Hall–Kier alpha value is -0.970. The lowest BCUT2D eigenvalue weighted by Crippen LogP contribution is -2.05. The second-order valence-electron chi connectivity index (χ2n) is 4.83. The van der Waals surface area contributed by atoms with Crippen LogP contribution in [0.15, 0.2) is 11.1 Å². The summed E-state index contributed by atoms with van der Waals surface area (Å²) in [7, 11) is 0. The van der Waals surface area contributed by atoms with Gasteiger partial charge in [0.1, 0.15) is 0 Å². The van der Waals surface area contributed by atoms with Crippen LogP contribution in [0, 0.1) is 5.92 Å². The molecule has 5 heteroatoms. The van der Waals surface area contributed by atoms with Gasteiger partial charge >= 0.3 is 5.97 Å². The summed E-state index contributed by atoms with van der Waals surface area (Å²) >= 11 is 1.35. The number of thioether (sulfide) groups is 1. The van der Waals surface area contributed by atoms with Crippen LogP contribution in [0.3, 0.4) is 0 Å². The Morgan fingerprint density at radius 1 is 1.56 bits per heavy atom. The van der Waals surface area contributed by atoms with E-state index >= 15 is 0 Å². The molecular weight excluding hydrogens is 248 g/mol. The molecule has 102 valence electrons. The van der Waals surface area contributed by atoms with Crippen LogP contribution >= 0.6 is 11.8 Å². The van der Waals surface area contributed by atoms with Crippen molar-refractivity contribution in [3.8, 4) is 0 Å². The first kappa shape index (κ1) is 15.1. The zero-order chi connectivity index (χ0) is 13.5. The summed E-state index contributed by atoms with van der Waals surface area (Å²) in [5.41, 5.74) is 1.06. The minimum absolute atomic E-state index is 0.0962. The Bertz CT molecular complexity index is 388. The summed E-state index contributed by atoms with van der Waals surface area (Å²) in [6.07, 6.45) is 3.13. The number of aryl methyl sites for hydroxylation is 1. The molecule has 1 aromatic rings. The highest BCUT2D eigenvalue weighted by atomic mass is 32.2. The highest BCUT2D eigenvalue weighted by molar-refractivity contribution is 7.99. The van der Waals surface area contributed by atoms with Crippen molar-refractivity contribution in [3.63, 3.8) is 0 Å². The highest BCUT2D eigenvalue weighted by Crippen LogP contribution is 2.21. The molecule has 1 heterocycles. The van der Waals surface area contributed by atoms with Gasteiger partial charge in [-0.25, -0.2) is 0 Å². The van der Waals surface area contributed by atoms with Gasteiger partial charge in [-0.2, -0.15) is 5.10 Å². The van der Waals surface area contributed by atoms with Crippen molar-refractivity contribution in [2.45, 2.75) is 51.6 Å². The SMILES string of the molecule is CCCCn1nc(CC(C)C)cc1SCC(=O)O. The Morgan fingerprint density at radius 2 is 2.28 bits per heavy atom. The van der Waals surface area contributed by atoms with Crippen molar-refractivity contribution in [2.24, 2.45) is 5.92 Å². The lowest BCUT2D eigenvalue weighted by molar-refractivity contribution is -0.133. The van der Waals surface area contributed by atoms with Gasteiger partial charge in [0, 0.05) is 6.54 Å². The molecule has 0 amide bonds. The van der Waals surface area contributed by atoms with Crippen molar-refractivity contribution in [1.29, 1.82) is 0 Å². The number of carboxylic acids is 1. The van der Waals surface area contributed by atoms with Gasteiger partial charge in [0.05, 0.1) is 16.5 Å². The zero-order valence-corrected chi connectivity index (χ0v) is 12.2. The fourth-order valence-corrected chi connectivity index (χ4v) is 2.46. The third-order valence-corrected chi connectivity index (χ3v) is 3.49. The normalized spacial score (nSPS) is 11.1. The molecule has 0 unspecified atom stereocenters. The quantitative estimate of drug-likeness (QED) is 0.738. The van der Waals surface area contributed by atoms with Crippen LogP contribution in [-0.2, 0) is 17.8 Å². The third kappa shape index (κ3) is 5.12. The van der Waals surface area contributed by atoms with Crippen LogP contribution < -0.4 is 0 Å². The lowest BCUT2D eigenvalue weighted by Gasteiger charge is -2.04. The highest BCUT2D eigenvalue weighted by Gasteiger charge is 2.11. The van der Waals surface area contributed by atoms with Gasteiger partial charge in [-0.05, 0) is 24.8 Å². The van der Waals surface area contributed by atoms with E-state index in [2.05, 4.69) is 25.9 Å². The molecule has 18 heavy (non-hydrogen) atoms. The van der Waals surface area contributed by atoms with Gasteiger partial charge in [0.2, 0.25) is 0 Å². The van der Waals surface area contributed by atoms with Crippen LogP contribution in [0.4, 0.5) is 0 Å². The summed E-state index contributed by atoms with van der Waals surface area (Å²) in [6.45, 7) is 7.34. The number of aromatic nitrogens is 2. The molecule has 0 radical (unpaired) electrons. The van der Waals surface area contributed by atoms with Gasteiger partial charge in [-0.15, -0.1) is 0 Å². The maximum Gasteiger partial charge on any atom is 0.313 e. The molecule has 0 aliphatic rings. The van der Waals surface area contributed by atoms with E-state index in [0.717, 1.165) is 36.5 Å². The number of nitrogens with zero attached hydrogens (tertiary/aromatic N) is 2. The van der Waals surface area contributed by atoms with Gasteiger partial charge < -0.3 is 5.11 Å². The molecular formula is C13H22N2O2S. The Morgan fingerprint density at radius 3 is 2.83 bits per heavy atom. The van der Waals surface area contributed by atoms with E-state index < -0.39 is 5.97 Å². The topological polar surface area (TPSA) is 55.1 Å². The van der Waals surface area contributed by atoms with Crippen molar-refractivity contribution in [1.82, 2.24) is 9.78 Å². The van der Waals surface area contributed by atoms with E-state index in [1.165, 1.54) is 11.8 Å². The molecule has 1 aromatic heterocycles. The van der Waals surface area contributed by atoms with Crippen LogP contribution in [0.1, 0.15) is 39.3 Å². The van der Waals surface area contributed by atoms with Crippen LogP contribution in [0.2, 0.25) is 0 Å². The number of hydrogen-bond acceptors (Lipinski definition) is 3. The predicted molar refractivity (Wildman–Crippen MR) is 74.0 cm³/mol. The van der Waals surface area contributed by atoms with E-state index in [1.807, 2.05) is 10.7 Å². The Kier molecular flexibility index (Phi) is 6.25. The fourth-order valence-electron chi connectivity index (χ4n) is 1.69. The average Bonchev–Trinajstić information content (AvgIpc) is 2.65. The van der Waals surface area contributed by atoms with E-state index in [4.69, 9.17) is 5.11 Å². The largest absolute Gasteiger partial charge is 0.481 e. The minimum Gasteiger partial charge on any atom is -0.481 e. The monoisotopic (exact) mass is 270 g/mol. The fraction of sp³-hybridized carbons (Fsp3) is 0.692. The van der Waals surface area contributed by atoms with Crippen LogP contribution in [0.25, 0.3) is 0 Å². The molecule has 1 rings (SSSR count). The van der Waals surface area contributed by atoms with Crippen molar-refractivity contribution in [2.75, 3.05) is 5.75 Å². The maximum absolute atomic E-state index is 10.6. The first-order valence-corrected chi connectivity index (χ1v) is 7.42. The molecule has 0 aliphatic carbocycles. The summed E-state index contributed by atoms with van der Waals surface area (Å²) in [6, 6.07) is 2.03. The van der Waals surface area contributed by atoms with E-state index in [9.17, 15) is 4.79 Å². The van der Waals surface area contributed by atoms with Crippen molar-refractivity contribution in [3.05, 3.63) is 11.8 Å². The molecule has 0 spiro atoms. The number of carboxylic acid groups (broad SMARTS) is 1. The maximum atomic E-state index is 10.6.